The summed E-state index contributed by atoms with van der Waals surface area (Å²) < 4.78 is 11.0. The molecule has 2 aromatic rings. The first kappa shape index (κ1) is 15.3. The lowest BCUT2D eigenvalue weighted by Gasteiger charge is -2.17. The van der Waals surface area contributed by atoms with Gasteiger partial charge in [-0.1, -0.05) is 17.7 Å². The largest absolute Gasteiger partial charge is 0.477 e. The van der Waals surface area contributed by atoms with Crippen LogP contribution in [-0.2, 0) is 0 Å². The molecule has 1 fully saturated rings. The standard InChI is InChI=1S/C17H19N3O3/c1-12-4-3-5-13(10-12)17(21)20-9-6-14(11-20)23-16-15(22-2)18-7-8-19-16/h3-5,7-8,10,14H,6,9,11H2,1-2H3. The third-order valence-electron chi connectivity index (χ3n) is 3.80. The summed E-state index contributed by atoms with van der Waals surface area (Å²) in [7, 11) is 1.53. The number of hydrogen-bond donors (Lipinski definition) is 0. The summed E-state index contributed by atoms with van der Waals surface area (Å²) in [6.45, 7) is 3.18. The number of likely N-dealkylation sites (tertiary alicyclic amines) is 1. The predicted molar refractivity (Wildman–Crippen MR) is 84.7 cm³/mol. The van der Waals surface area contributed by atoms with E-state index in [9.17, 15) is 4.79 Å². The maximum Gasteiger partial charge on any atom is 0.278 e. The van der Waals surface area contributed by atoms with Crippen LogP contribution in [0.4, 0.5) is 0 Å². The normalized spacial score (nSPS) is 17.1. The minimum Gasteiger partial charge on any atom is -0.477 e. The molecule has 0 aliphatic carbocycles. The predicted octanol–water partition coefficient (Wildman–Crippen LogP) is 2.09. The molecule has 1 unspecified atom stereocenters. The number of rotatable bonds is 4. The third kappa shape index (κ3) is 3.41. The Bertz CT molecular complexity index is 705. The Hall–Kier alpha value is -2.63. The lowest BCUT2D eigenvalue weighted by molar-refractivity contribution is 0.0770. The van der Waals surface area contributed by atoms with Gasteiger partial charge in [-0.25, -0.2) is 9.97 Å². The highest BCUT2D eigenvalue weighted by atomic mass is 16.5. The molecule has 1 saturated heterocycles. The Morgan fingerprint density at radius 2 is 2.04 bits per heavy atom. The highest BCUT2D eigenvalue weighted by molar-refractivity contribution is 5.94. The molecule has 23 heavy (non-hydrogen) atoms. The highest BCUT2D eigenvalue weighted by Crippen LogP contribution is 2.24. The van der Waals surface area contributed by atoms with Crippen molar-refractivity contribution in [1.29, 1.82) is 0 Å². The van der Waals surface area contributed by atoms with Gasteiger partial charge in [-0.15, -0.1) is 0 Å². The molecule has 1 aliphatic rings. The van der Waals surface area contributed by atoms with Gasteiger partial charge in [0, 0.05) is 30.9 Å². The molecule has 6 heteroatoms. The van der Waals surface area contributed by atoms with Gasteiger partial charge >= 0.3 is 0 Å². The van der Waals surface area contributed by atoms with E-state index in [4.69, 9.17) is 9.47 Å². The van der Waals surface area contributed by atoms with Crippen LogP contribution in [0, 0.1) is 6.92 Å². The van der Waals surface area contributed by atoms with Crippen molar-refractivity contribution in [1.82, 2.24) is 14.9 Å². The van der Waals surface area contributed by atoms with E-state index in [1.807, 2.05) is 36.1 Å². The van der Waals surface area contributed by atoms with Gasteiger partial charge in [-0.2, -0.15) is 0 Å². The van der Waals surface area contributed by atoms with E-state index < -0.39 is 0 Å². The van der Waals surface area contributed by atoms with E-state index in [1.165, 1.54) is 7.11 Å². The summed E-state index contributed by atoms with van der Waals surface area (Å²) in [5.74, 6) is 0.756. The second-order valence-electron chi connectivity index (χ2n) is 5.52. The molecule has 1 aromatic heterocycles. The van der Waals surface area contributed by atoms with E-state index in [1.54, 1.807) is 12.4 Å². The quantitative estimate of drug-likeness (QED) is 0.865. The molecule has 2 heterocycles. The number of carbonyl (C=O) groups excluding carboxylic acids is 1. The van der Waals surface area contributed by atoms with Crippen molar-refractivity contribution < 1.29 is 14.3 Å². The van der Waals surface area contributed by atoms with Crippen LogP contribution in [0.5, 0.6) is 11.8 Å². The molecule has 6 nitrogen and oxygen atoms in total. The minimum atomic E-state index is -0.102. The van der Waals surface area contributed by atoms with Gasteiger partial charge in [-0.05, 0) is 19.1 Å². The Kier molecular flexibility index (Phi) is 4.41. The molecule has 0 N–H and O–H groups in total. The smallest absolute Gasteiger partial charge is 0.278 e. The first-order valence-corrected chi connectivity index (χ1v) is 7.55. The van der Waals surface area contributed by atoms with Gasteiger partial charge < -0.3 is 14.4 Å². The zero-order valence-corrected chi connectivity index (χ0v) is 13.2. The molecular formula is C17H19N3O3. The number of ether oxygens (including phenoxy) is 2. The van der Waals surface area contributed by atoms with Gasteiger partial charge in [0.15, 0.2) is 0 Å². The van der Waals surface area contributed by atoms with Crippen molar-refractivity contribution in [3.8, 4) is 11.8 Å². The van der Waals surface area contributed by atoms with Crippen LogP contribution in [0.15, 0.2) is 36.7 Å². The van der Waals surface area contributed by atoms with E-state index in [2.05, 4.69) is 9.97 Å². The molecule has 0 radical (unpaired) electrons. The van der Waals surface area contributed by atoms with E-state index in [0.29, 0.717) is 30.4 Å². The Morgan fingerprint density at radius 3 is 2.78 bits per heavy atom. The van der Waals surface area contributed by atoms with Gasteiger partial charge in [-0.3, -0.25) is 4.79 Å². The molecule has 0 bridgehead atoms. The monoisotopic (exact) mass is 313 g/mol. The number of amides is 1. The number of aromatic nitrogens is 2. The molecular weight excluding hydrogens is 294 g/mol. The number of methoxy groups -OCH3 is 1. The first-order chi connectivity index (χ1) is 11.2. The van der Waals surface area contributed by atoms with Crippen LogP contribution in [0.3, 0.4) is 0 Å². The molecule has 1 aromatic carbocycles. The zero-order valence-electron chi connectivity index (χ0n) is 13.2. The van der Waals surface area contributed by atoms with E-state index >= 15 is 0 Å². The summed E-state index contributed by atoms with van der Waals surface area (Å²) in [4.78, 5) is 22.5. The molecule has 0 saturated carbocycles. The van der Waals surface area contributed by atoms with Crippen molar-refractivity contribution in [2.24, 2.45) is 0 Å². The average Bonchev–Trinajstić information content (AvgIpc) is 3.03. The van der Waals surface area contributed by atoms with Crippen molar-refractivity contribution in [2.75, 3.05) is 20.2 Å². The summed E-state index contributed by atoms with van der Waals surface area (Å²) in [5, 5.41) is 0. The van der Waals surface area contributed by atoms with Gasteiger partial charge in [0.2, 0.25) is 0 Å². The number of nitrogens with zero attached hydrogens (tertiary/aromatic N) is 3. The van der Waals surface area contributed by atoms with Crippen LogP contribution in [0.1, 0.15) is 22.3 Å². The van der Waals surface area contributed by atoms with Crippen LogP contribution in [0.2, 0.25) is 0 Å². The van der Waals surface area contributed by atoms with Crippen LogP contribution < -0.4 is 9.47 Å². The van der Waals surface area contributed by atoms with Crippen LogP contribution in [-0.4, -0.2) is 47.1 Å². The van der Waals surface area contributed by atoms with E-state index in [-0.39, 0.29) is 12.0 Å². The van der Waals surface area contributed by atoms with E-state index in [0.717, 1.165) is 12.0 Å². The van der Waals surface area contributed by atoms with Crippen LogP contribution >= 0.6 is 0 Å². The fraction of sp³-hybridized carbons (Fsp3) is 0.353. The molecule has 3 rings (SSSR count). The number of benzene rings is 1. The van der Waals surface area contributed by atoms with Crippen molar-refractivity contribution >= 4 is 5.91 Å². The van der Waals surface area contributed by atoms with Crippen molar-refractivity contribution in [3.05, 3.63) is 47.8 Å². The third-order valence-corrected chi connectivity index (χ3v) is 3.80. The van der Waals surface area contributed by atoms with Crippen molar-refractivity contribution in [3.63, 3.8) is 0 Å². The van der Waals surface area contributed by atoms with Crippen molar-refractivity contribution in [2.45, 2.75) is 19.4 Å². The second kappa shape index (κ2) is 6.64. The lowest BCUT2D eigenvalue weighted by Crippen LogP contribution is -2.31. The number of hydrogen-bond acceptors (Lipinski definition) is 5. The molecule has 1 aliphatic heterocycles. The van der Waals surface area contributed by atoms with Crippen LogP contribution in [0.25, 0.3) is 0 Å². The van der Waals surface area contributed by atoms with Gasteiger partial charge in [0.25, 0.3) is 17.7 Å². The minimum absolute atomic E-state index is 0.0333. The van der Waals surface area contributed by atoms with Gasteiger partial charge in [0.1, 0.15) is 6.10 Å². The second-order valence-corrected chi connectivity index (χ2v) is 5.52. The fourth-order valence-corrected chi connectivity index (χ4v) is 2.66. The molecule has 0 spiro atoms. The number of carbonyl (C=O) groups is 1. The highest BCUT2D eigenvalue weighted by Gasteiger charge is 2.29. The average molecular weight is 313 g/mol. The maximum absolute atomic E-state index is 12.5. The van der Waals surface area contributed by atoms with Gasteiger partial charge in [0.05, 0.1) is 13.7 Å². The SMILES string of the molecule is COc1nccnc1OC1CCN(C(=O)c2cccc(C)c2)C1. The number of aryl methyl sites for hydroxylation is 1. The summed E-state index contributed by atoms with van der Waals surface area (Å²) in [6.07, 6.45) is 3.77. The zero-order chi connectivity index (χ0) is 16.2. The maximum atomic E-state index is 12.5. The molecule has 120 valence electrons. The summed E-state index contributed by atoms with van der Waals surface area (Å²) >= 11 is 0. The summed E-state index contributed by atoms with van der Waals surface area (Å²) in [6, 6.07) is 7.63. The fourth-order valence-electron chi connectivity index (χ4n) is 2.66. The first-order valence-electron chi connectivity index (χ1n) is 7.55. The summed E-state index contributed by atoms with van der Waals surface area (Å²) in [5.41, 5.74) is 1.79. The Morgan fingerprint density at radius 1 is 1.26 bits per heavy atom. The lowest BCUT2D eigenvalue weighted by atomic mass is 10.1. The Labute approximate surface area is 135 Å². The Balaban J connectivity index is 1.65. The molecule has 1 atom stereocenters. The molecule has 1 amide bonds. The topological polar surface area (TPSA) is 64.6 Å².